The molecule has 4 nitrogen and oxygen atoms in total. The lowest BCUT2D eigenvalue weighted by molar-refractivity contribution is 0.0600. The summed E-state index contributed by atoms with van der Waals surface area (Å²) in [6, 6.07) is 1.70. The monoisotopic (exact) mass is 209 g/mol. The van der Waals surface area contributed by atoms with Gasteiger partial charge in [-0.05, 0) is 26.8 Å². The van der Waals surface area contributed by atoms with Crippen LogP contribution in [0.3, 0.4) is 0 Å². The molecule has 0 aliphatic carbocycles. The molecule has 0 aliphatic heterocycles. The molecule has 0 saturated carbocycles. The lowest BCUT2D eigenvalue weighted by Gasteiger charge is -2.11. The van der Waals surface area contributed by atoms with Crippen molar-refractivity contribution in [2.45, 2.75) is 26.9 Å². The third-order valence-corrected chi connectivity index (χ3v) is 1.80. The highest BCUT2D eigenvalue weighted by atomic mass is 16.5. The standard InChI is InChI=1S/C11H15NO3/c1-7(2)15-10-8(3)5-9(6-12-10)11(13)14-4/h5-7H,1-4H3. The lowest BCUT2D eigenvalue weighted by atomic mass is 10.2. The van der Waals surface area contributed by atoms with Gasteiger partial charge in [0.05, 0.1) is 18.8 Å². The number of aromatic nitrogens is 1. The van der Waals surface area contributed by atoms with Crippen LogP contribution >= 0.6 is 0 Å². The molecule has 1 aromatic rings. The van der Waals surface area contributed by atoms with E-state index in [1.54, 1.807) is 6.07 Å². The molecule has 82 valence electrons. The molecule has 0 unspecified atom stereocenters. The van der Waals surface area contributed by atoms with Gasteiger partial charge in [-0.25, -0.2) is 9.78 Å². The number of nitrogens with zero attached hydrogens (tertiary/aromatic N) is 1. The number of hydrogen-bond acceptors (Lipinski definition) is 4. The van der Waals surface area contributed by atoms with Crippen LogP contribution in [0.5, 0.6) is 5.88 Å². The number of pyridine rings is 1. The Hall–Kier alpha value is -1.58. The largest absolute Gasteiger partial charge is 0.475 e. The molecule has 0 atom stereocenters. The predicted octanol–water partition coefficient (Wildman–Crippen LogP) is 1.96. The van der Waals surface area contributed by atoms with Crippen LogP contribution in [-0.4, -0.2) is 24.2 Å². The van der Waals surface area contributed by atoms with Gasteiger partial charge in [0.25, 0.3) is 0 Å². The van der Waals surface area contributed by atoms with E-state index < -0.39 is 0 Å². The second-order valence-electron chi connectivity index (χ2n) is 3.50. The van der Waals surface area contributed by atoms with E-state index in [2.05, 4.69) is 9.72 Å². The van der Waals surface area contributed by atoms with Gasteiger partial charge in [0.15, 0.2) is 0 Å². The summed E-state index contributed by atoms with van der Waals surface area (Å²) in [5, 5.41) is 0. The van der Waals surface area contributed by atoms with Gasteiger partial charge in [0.2, 0.25) is 5.88 Å². The molecule has 0 saturated heterocycles. The van der Waals surface area contributed by atoms with Crippen molar-refractivity contribution in [3.63, 3.8) is 0 Å². The summed E-state index contributed by atoms with van der Waals surface area (Å²) in [6.07, 6.45) is 1.52. The van der Waals surface area contributed by atoms with Crippen LogP contribution in [0.25, 0.3) is 0 Å². The van der Waals surface area contributed by atoms with Crippen molar-refractivity contribution in [2.24, 2.45) is 0 Å². The summed E-state index contributed by atoms with van der Waals surface area (Å²) < 4.78 is 10.0. The van der Waals surface area contributed by atoms with Crippen LogP contribution in [0.2, 0.25) is 0 Å². The van der Waals surface area contributed by atoms with Crippen molar-refractivity contribution < 1.29 is 14.3 Å². The first-order chi connectivity index (χ1) is 7.04. The molecule has 15 heavy (non-hydrogen) atoms. The van der Waals surface area contributed by atoms with Gasteiger partial charge in [-0.3, -0.25) is 0 Å². The highest BCUT2D eigenvalue weighted by Gasteiger charge is 2.10. The summed E-state index contributed by atoms with van der Waals surface area (Å²) in [5.41, 5.74) is 1.26. The zero-order valence-electron chi connectivity index (χ0n) is 9.40. The molecule has 1 heterocycles. The molecule has 0 N–H and O–H groups in total. The normalized spacial score (nSPS) is 10.2. The van der Waals surface area contributed by atoms with Gasteiger partial charge in [0.1, 0.15) is 0 Å². The smallest absolute Gasteiger partial charge is 0.339 e. The van der Waals surface area contributed by atoms with Gasteiger partial charge in [-0.15, -0.1) is 0 Å². The number of ether oxygens (including phenoxy) is 2. The van der Waals surface area contributed by atoms with Crippen molar-refractivity contribution >= 4 is 5.97 Å². The molecule has 0 bridgehead atoms. The third-order valence-electron chi connectivity index (χ3n) is 1.80. The summed E-state index contributed by atoms with van der Waals surface area (Å²) in [6.45, 7) is 5.70. The van der Waals surface area contributed by atoms with Gasteiger partial charge < -0.3 is 9.47 Å². The Bertz CT molecular complexity index is 361. The maximum Gasteiger partial charge on any atom is 0.339 e. The second-order valence-corrected chi connectivity index (χ2v) is 3.50. The fraction of sp³-hybridized carbons (Fsp3) is 0.455. The van der Waals surface area contributed by atoms with E-state index in [-0.39, 0.29) is 12.1 Å². The third kappa shape index (κ3) is 2.94. The van der Waals surface area contributed by atoms with Crippen molar-refractivity contribution in [3.8, 4) is 5.88 Å². The molecular weight excluding hydrogens is 194 g/mol. The first-order valence-corrected chi connectivity index (χ1v) is 4.76. The number of rotatable bonds is 3. The minimum absolute atomic E-state index is 0.0696. The molecule has 0 fully saturated rings. The number of aryl methyl sites for hydroxylation is 1. The average Bonchev–Trinajstić information content (AvgIpc) is 2.19. The minimum Gasteiger partial charge on any atom is -0.475 e. The molecule has 1 rings (SSSR count). The van der Waals surface area contributed by atoms with Crippen LogP contribution in [0.4, 0.5) is 0 Å². The van der Waals surface area contributed by atoms with Crippen molar-refractivity contribution in [2.75, 3.05) is 7.11 Å². The molecular formula is C11H15NO3. The van der Waals surface area contributed by atoms with Crippen LogP contribution in [-0.2, 0) is 4.74 Å². The number of hydrogen-bond donors (Lipinski definition) is 0. The fourth-order valence-corrected chi connectivity index (χ4v) is 1.14. The van der Waals surface area contributed by atoms with E-state index in [1.807, 2.05) is 20.8 Å². The van der Waals surface area contributed by atoms with Gasteiger partial charge >= 0.3 is 5.97 Å². The number of carbonyl (C=O) groups excluding carboxylic acids is 1. The maximum absolute atomic E-state index is 11.2. The average molecular weight is 209 g/mol. The van der Waals surface area contributed by atoms with Crippen LogP contribution in [0.15, 0.2) is 12.3 Å². The Balaban J connectivity index is 2.93. The number of methoxy groups -OCH3 is 1. The highest BCUT2D eigenvalue weighted by Crippen LogP contribution is 2.17. The first kappa shape index (κ1) is 11.5. The minimum atomic E-state index is -0.387. The van der Waals surface area contributed by atoms with Crippen LogP contribution in [0.1, 0.15) is 29.8 Å². The van der Waals surface area contributed by atoms with Crippen molar-refractivity contribution in [1.29, 1.82) is 0 Å². The molecule has 0 spiro atoms. The van der Waals surface area contributed by atoms with E-state index in [4.69, 9.17) is 4.74 Å². The van der Waals surface area contributed by atoms with Crippen molar-refractivity contribution in [3.05, 3.63) is 23.4 Å². The molecule has 0 aromatic carbocycles. The summed E-state index contributed by atoms with van der Waals surface area (Å²) in [7, 11) is 1.34. The molecule has 0 aliphatic rings. The molecule has 0 radical (unpaired) electrons. The Labute approximate surface area is 89.2 Å². The number of carbonyl (C=O) groups is 1. The Morgan fingerprint density at radius 2 is 2.13 bits per heavy atom. The van der Waals surface area contributed by atoms with Crippen LogP contribution < -0.4 is 4.74 Å². The van der Waals surface area contributed by atoms with E-state index >= 15 is 0 Å². The maximum atomic E-state index is 11.2. The Morgan fingerprint density at radius 1 is 1.47 bits per heavy atom. The Kier molecular flexibility index (Phi) is 3.66. The number of esters is 1. The topological polar surface area (TPSA) is 48.4 Å². The molecule has 1 aromatic heterocycles. The first-order valence-electron chi connectivity index (χ1n) is 4.76. The van der Waals surface area contributed by atoms with E-state index in [0.717, 1.165) is 5.56 Å². The van der Waals surface area contributed by atoms with Gasteiger partial charge in [0, 0.05) is 11.8 Å². The van der Waals surface area contributed by atoms with Gasteiger partial charge in [-0.1, -0.05) is 0 Å². The van der Waals surface area contributed by atoms with E-state index in [9.17, 15) is 4.79 Å². The molecule has 0 amide bonds. The zero-order valence-corrected chi connectivity index (χ0v) is 9.40. The van der Waals surface area contributed by atoms with Gasteiger partial charge in [-0.2, -0.15) is 0 Å². The quantitative estimate of drug-likeness (QED) is 0.714. The summed E-state index contributed by atoms with van der Waals surface area (Å²) in [4.78, 5) is 15.3. The molecule has 4 heteroatoms. The van der Waals surface area contributed by atoms with E-state index in [0.29, 0.717) is 11.4 Å². The van der Waals surface area contributed by atoms with E-state index in [1.165, 1.54) is 13.3 Å². The summed E-state index contributed by atoms with van der Waals surface area (Å²) in [5.74, 6) is 0.166. The fourth-order valence-electron chi connectivity index (χ4n) is 1.14. The second kappa shape index (κ2) is 4.77. The SMILES string of the molecule is COC(=O)c1cnc(OC(C)C)c(C)c1. The predicted molar refractivity (Wildman–Crippen MR) is 56.1 cm³/mol. The van der Waals surface area contributed by atoms with Crippen LogP contribution in [0, 0.1) is 6.92 Å². The lowest BCUT2D eigenvalue weighted by Crippen LogP contribution is -2.09. The van der Waals surface area contributed by atoms with Crippen molar-refractivity contribution in [1.82, 2.24) is 4.98 Å². The highest BCUT2D eigenvalue weighted by molar-refractivity contribution is 5.89. The Morgan fingerprint density at radius 3 is 2.60 bits per heavy atom. The zero-order chi connectivity index (χ0) is 11.4. The summed E-state index contributed by atoms with van der Waals surface area (Å²) >= 11 is 0.